The summed E-state index contributed by atoms with van der Waals surface area (Å²) < 4.78 is 7.55. The van der Waals surface area contributed by atoms with Crippen LogP contribution in [0.4, 0.5) is 0 Å². The molecule has 3 rings (SSSR count). The summed E-state index contributed by atoms with van der Waals surface area (Å²) in [5.41, 5.74) is 3.33. The first-order chi connectivity index (χ1) is 13.5. The van der Waals surface area contributed by atoms with E-state index in [2.05, 4.69) is 11.5 Å². The third kappa shape index (κ3) is 4.01. The molecule has 0 aliphatic carbocycles. The van der Waals surface area contributed by atoms with Gasteiger partial charge in [-0.05, 0) is 19.4 Å². The van der Waals surface area contributed by atoms with E-state index in [1.54, 1.807) is 0 Å². The zero-order chi connectivity index (χ0) is 20.1. The zero-order valence-corrected chi connectivity index (χ0v) is 16.8. The van der Waals surface area contributed by atoms with Crippen LogP contribution in [0.25, 0.3) is 10.9 Å². The van der Waals surface area contributed by atoms with Crippen LogP contribution in [0.3, 0.4) is 0 Å². The third-order valence-electron chi connectivity index (χ3n) is 5.15. The zero-order valence-electron chi connectivity index (χ0n) is 16.8. The number of aromatic nitrogens is 1. The molecule has 0 bridgehead atoms. The molecule has 3 aromatic rings. The van der Waals surface area contributed by atoms with Crippen LogP contribution in [-0.4, -0.2) is 22.9 Å². The molecule has 0 aliphatic heterocycles. The first-order valence-corrected chi connectivity index (χ1v) is 9.87. The fourth-order valence-corrected chi connectivity index (χ4v) is 3.82. The molecule has 4 nitrogen and oxygen atoms in total. The van der Waals surface area contributed by atoms with Gasteiger partial charge in [-0.2, -0.15) is 0 Å². The Morgan fingerprint density at radius 3 is 2.39 bits per heavy atom. The minimum absolute atomic E-state index is 0.00562. The number of unbranched alkanes of at least 4 members (excludes halogenated alkanes) is 1. The summed E-state index contributed by atoms with van der Waals surface area (Å²) in [5.74, 6) is -0.258. The molecule has 28 heavy (non-hydrogen) atoms. The van der Waals surface area contributed by atoms with Gasteiger partial charge in [-0.1, -0.05) is 68.3 Å². The highest BCUT2D eigenvalue weighted by molar-refractivity contribution is 6.17. The fraction of sp³-hybridized carbons (Fsp3) is 0.333. The normalized spacial score (nSPS) is 12.1. The molecular weight excluding hydrogens is 350 g/mol. The molecule has 1 unspecified atom stereocenters. The minimum atomic E-state index is -0.281. The summed E-state index contributed by atoms with van der Waals surface area (Å²) in [4.78, 5) is 24.7. The minimum Gasteiger partial charge on any atom is -0.464 e. The molecule has 0 amide bonds. The Kier molecular flexibility index (Phi) is 6.30. The van der Waals surface area contributed by atoms with E-state index in [0.717, 1.165) is 41.4 Å². The Hall–Kier alpha value is -2.88. The maximum absolute atomic E-state index is 13.3. The molecule has 1 atom stereocenters. The van der Waals surface area contributed by atoms with Crippen molar-refractivity contribution in [2.24, 2.45) is 0 Å². The van der Waals surface area contributed by atoms with Crippen LogP contribution in [0, 0.1) is 6.92 Å². The highest BCUT2D eigenvalue weighted by Crippen LogP contribution is 2.32. The number of esters is 1. The first-order valence-electron chi connectivity index (χ1n) is 9.87. The lowest BCUT2D eigenvalue weighted by Crippen LogP contribution is -2.19. The largest absolute Gasteiger partial charge is 0.464 e. The van der Waals surface area contributed by atoms with Gasteiger partial charge >= 0.3 is 5.97 Å². The fourth-order valence-electron chi connectivity index (χ4n) is 3.82. The number of hydrogen-bond acceptors (Lipinski definition) is 3. The van der Waals surface area contributed by atoms with Crippen LogP contribution in [0.2, 0.25) is 0 Å². The molecule has 2 aromatic carbocycles. The predicted molar refractivity (Wildman–Crippen MR) is 112 cm³/mol. The van der Waals surface area contributed by atoms with Gasteiger partial charge in [0.2, 0.25) is 0 Å². The van der Waals surface area contributed by atoms with Gasteiger partial charge in [0.15, 0.2) is 5.78 Å². The van der Waals surface area contributed by atoms with Crippen LogP contribution in [0.1, 0.15) is 60.8 Å². The van der Waals surface area contributed by atoms with Gasteiger partial charge in [0.25, 0.3) is 0 Å². The van der Waals surface area contributed by atoms with Crippen molar-refractivity contribution in [3.63, 3.8) is 0 Å². The summed E-state index contributed by atoms with van der Waals surface area (Å²) in [6, 6.07) is 17.4. The van der Waals surface area contributed by atoms with Gasteiger partial charge in [-0.25, -0.2) is 0 Å². The number of para-hydroxylation sites is 1. The summed E-state index contributed by atoms with van der Waals surface area (Å²) >= 11 is 0. The van der Waals surface area contributed by atoms with Crippen LogP contribution in [-0.2, 0) is 9.53 Å². The molecule has 0 aliphatic rings. The van der Waals surface area contributed by atoms with Crippen molar-refractivity contribution in [1.29, 1.82) is 0 Å². The number of benzene rings is 2. The second kappa shape index (κ2) is 8.87. The summed E-state index contributed by atoms with van der Waals surface area (Å²) in [6.45, 7) is 5.88. The van der Waals surface area contributed by atoms with E-state index in [1.807, 2.05) is 61.5 Å². The predicted octanol–water partition coefficient (Wildman–Crippen LogP) is 5.48. The van der Waals surface area contributed by atoms with Crippen molar-refractivity contribution >= 4 is 22.7 Å². The smallest absolute Gasteiger partial charge is 0.302 e. The van der Waals surface area contributed by atoms with Crippen LogP contribution >= 0.6 is 0 Å². The van der Waals surface area contributed by atoms with Crippen molar-refractivity contribution in [1.82, 2.24) is 4.57 Å². The lowest BCUT2D eigenvalue weighted by molar-refractivity contribution is -0.142. The maximum Gasteiger partial charge on any atom is 0.302 e. The van der Waals surface area contributed by atoms with E-state index in [9.17, 15) is 9.59 Å². The van der Waals surface area contributed by atoms with Gasteiger partial charge in [0.05, 0.1) is 11.6 Å². The number of nitrogens with zero attached hydrogens (tertiary/aromatic N) is 1. The lowest BCUT2D eigenvalue weighted by Gasteiger charge is -2.22. The Morgan fingerprint density at radius 2 is 1.71 bits per heavy atom. The lowest BCUT2D eigenvalue weighted by atomic mass is 10.0. The molecule has 0 radical (unpaired) electrons. The number of rotatable bonds is 8. The van der Waals surface area contributed by atoms with Crippen LogP contribution in [0.5, 0.6) is 0 Å². The number of ether oxygens (including phenoxy) is 1. The molecule has 0 fully saturated rings. The highest BCUT2D eigenvalue weighted by atomic mass is 16.5. The van der Waals surface area contributed by atoms with Gasteiger partial charge in [0.1, 0.15) is 6.61 Å². The molecule has 146 valence electrons. The number of carbonyl (C=O) groups is 2. The molecule has 1 aromatic heterocycles. The van der Waals surface area contributed by atoms with Crippen LogP contribution < -0.4 is 0 Å². The van der Waals surface area contributed by atoms with E-state index in [0.29, 0.717) is 12.2 Å². The first kappa shape index (κ1) is 19.9. The second-order valence-electron chi connectivity index (χ2n) is 7.14. The van der Waals surface area contributed by atoms with E-state index in [1.165, 1.54) is 6.92 Å². The van der Waals surface area contributed by atoms with Gasteiger partial charge in [0, 0.05) is 29.1 Å². The molecule has 0 saturated heterocycles. The standard InChI is InChI=1S/C24H27NO3/c1-4-5-13-20(16-28-18(3)26)25-17(2)23(21-14-9-10-15-22(21)25)24(27)19-11-7-6-8-12-19/h6-12,14-15,20H,4-5,13,16H2,1-3H3. The molecule has 1 heterocycles. The average Bonchev–Trinajstić information content (AvgIpc) is 3.00. The van der Waals surface area contributed by atoms with E-state index in [4.69, 9.17) is 4.74 Å². The summed E-state index contributed by atoms with van der Waals surface area (Å²) in [5, 5.41) is 0.943. The summed E-state index contributed by atoms with van der Waals surface area (Å²) in [7, 11) is 0. The number of carbonyl (C=O) groups excluding carboxylic acids is 2. The average molecular weight is 377 g/mol. The van der Waals surface area contributed by atoms with Gasteiger partial charge in [-0.15, -0.1) is 0 Å². The van der Waals surface area contributed by atoms with Crippen molar-refractivity contribution in [3.8, 4) is 0 Å². The second-order valence-corrected chi connectivity index (χ2v) is 7.14. The Balaban J connectivity index is 2.13. The van der Waals surface area contributed by atoms with Crippen molar-refractivity contribution in [2.75, 3.05) is 6.61 Å². The van der Waals surface area contributed by atoms with Crippen molar-refractivity contribution < 1.29 is 14.3 Å². The quantitative estimate of drug-likeness (QED) is 0.386. The Morgan fingerprint density at radius 1 is 1.04 bits per heavy atom. The maximum atomic E-state index is 13.3. The van der Waals surface area contributed by atoms with E-state index in [-0.39, 0.29) is 17.8 Å². The molecule has 0 N–H and O–H groups in total. The number of fused-ring (bicyclic) bond motifs is 1. The molecular formula is C24H27NO3. The van der Waals surface area contributed by atoms with Gasteiger partial charge < -0.3 is 9.30 Å². The molecule has 0 saturated carbocycles. The monoisotopic (exact) mass is 377 g/mol. The Labute approximate surface area is 166 Å². The SMILES string of the molecule is CCCCC(COC(C)=O)n1c(C)c(C(=O)c2ccccc2)c2ccccc21. The van der Waals surface area contributed by atoms with Crippen molar-refractivity contribution in [2.45, 2.75) is 46.1 Å². The topological polar surface area (TPSA) is 48.3 Å². The van der Waals surface area contributed by atoms with E-state index >= 15 is 0 Å². The molecule has 0 spiro atoms. The number of ketones is 1. The van der Waals surface area contributed by atoms with Crippen LogP contribution in [0.15, 0.2) is 54.6 Å². The Bertz CT molecular complexity index is 972. The van der Waals surface area contributed by atoms with Gasteiger partial charge in [-0.3, -0.25) is 9.59 Å². The van der Waals surface area contributed by atoms with E-state index < -0.39 is 0 Å². The number of hydrogen-bond donors (Lipinski definition) is 0. The van der Waals surface area contributed by atoms with Crippen molar-refractivity contribution in [3.05, 3.63) is 71.4 Å². The highest BCUT2D eigenvalue weighted by Gasteiger charge is 2.25. The third-order valence-corrected chi connectivity index (χ3v) is 5.15. The molecule has 4 heteroatoms. The summed E-state index contributed by atoms with van der Waals surface area (Å²) in [6.07, 6.45) is 2.98.